The first-order valence-corrected chi connectivity index (χ1v) is 16.3. The van der Waals surface area contributed by atoms with E-state index in [1.165, 1.54) is 41.6 Å². The summed E-state index contributed by atoms with van der Waals surface area (Å²) in [5.41, 5.74) is 7.47. The SMILES string of the molecule is Cc1cc(C)c(NC2=C(P3N(C(C)(C)C)[Si](C)(C)N3C(C)(C)C)C3CCC2C3)c(C)c1. The number of benzene rings is 1. The second kappa shape index (κ2) is 7.42. The molecule has 1 aromatic rings. The molecule has 2 atom stereocenters. The molecule has 3 nitrogen and oxygen atoms in total. The maximum absolute atomic E-state index is 4.06. The summed E-state index contributed by atoms with van der Waals surface area (Å²) in [6.07, 6.45) is 4.10. The van der Waals surface area contributed by atoms with Gasteiger partial charge in [0.05, 0.1) is 8.22 Å². The standard InChI is InChI=1S/C26H44N3PSi/c1-17-14-18(2)22(19(3)15-17)27-23-20-12-13-21(16-20)24(23)30-28(25(4,5)6)31(10,11)29(30)26(7,8)9/h14-15,20-21,27H,12-13,16H2,1-11H3. The molecule has 1 saturated carbocycles. The monoisotopic (exact) mass is 457 g/mol. The molecule has 1 heterocycles. The Morgan fingerprint density at radius 1 is 0.871 bits per heavy atom. The highest BCUT2D eigenvalue weighted by atomic mass is 31.1. The lowest BCUT2D eigenvalue weighted by molar-refractivity contribution is 0.240. The van der Waals surface area contributed by atoms with Crippen LogP contribution in [-0.4, -0.2) is 28.1 Å². The van der Waals surface area contributed by atoms with E-state index in [9.17, 15) is 0 Å². The van der Waals surface area contributed by atoms with Gasteiger partial charge in [0.1, 0.15) is 0 Å². The molecule has 5 heteroatoms. The predicted molar refractivity (Wildman–Crippen MR) is 140 cm³/mol. The van der Waals surface area contributed by atoms with Crippen LogP contribution in [-0.2, 0) is 0 Å². The zero-order valence-corrected chi connectivity index (χ0v) is 23.7. The number of rotatable bonds is 3. The fourth-order valence-corrected chi connectivity index (χ4v) is 18.0. The van der Waals surface area contributed by atoms with Crippen LogP contribution in [0.25, 0.3) is 0 Å². The third kappa shape index (κ3) is 3.76. The Balaban J connectivity index is 1.84. The van der Waals surface area contributed by atoms with Crippen molar-refractivity contribution in [2.24, 2.45) is 11.8 Å². The lowest BCUT2D eigenvalue weighted by Crippen LogP contribution is -2.77. The van der Waals surface area contributed by atoms with Crippen LogP contribution >= 0.6 is 8.22 Å². The van der Waals surface area contributed by atoms with Gasteiger partial charge in [0.25, 0.3) is 0 Å². The van der Waals surface area contributed by atoms with Crippen LogP contribution in [0.15, 0.2) is 23.1 Å². The van der Waals surface area contributed by atoms with Gasteiger partial charge in [-0.3, -0.25) is 8.67 Å². The van der Waals surface area contributed by atoms with Gasteiger partial charge < -0.3 is 5.32 Å². The second-order valence-corrected chi connectivity index (χ2v) is 19.2. The van der Waals surface area contributed by atoms with E-state index in [0.717, 1.165) is 11.8 Å². The fraction of sp³-hybridized carbons (Fsp3) is 0.692. The molecule has 1 aliphatic heterocycles. The minimum absolute atomic E-state index is 0.207. The molecule has 0 spiro atoms. The van der Waals surface area contributed by atoms with Crippen molar-refractivity contribution in [3.05, 3.63) is 39.8 Å². The van der Waals surface area contributed by atoms with Crippen molar-refractivity contribution in [2.75, 3.05) is 5.32 Å². The van der Waals surface area contributed by atoms with Gasteiger partial charge >= 0.3 is 0 Å². The number of nitrogens with one attached hydrogen (secondary N) is 1. The molecule has 1 N–H and O–H groups in total. The predicted octanol–water partition coefficient (Wildman–Crippen LogP) is 7.89. The van der Waals surface area contributed by atoms with Crippen LogP contribution in [0.2, 0.25) is 13.1 Å². The van der Waals surface area contributed by atoms with Gasteiger partial charge in [-0.25, -0.2) is 0 Å². The first kappa shape index (κ1) is 23.5. The lowest BCUT2D eigenvalue weighted by atomic mass is 10.0. The van der Waals surface area contributed by atoms with Crippen molar-refractivity contribution < 1.29 is 0 Å². The number of hydrogen-bond donors (Lipinski definition) is 1. The van der Waals surface area contributed by atoms with Crippen molar-refractivity contribution >= 4 is 22.3 Å². The largest absolute Gasteiger partial charge is 0.358 e. The third-order valence-corrected chi connectivity index (χ3v) is 17.8. The average Bonchev–Trinajstić information content (AvgIpc) is 3.14. The molecule has 0 radical (unpaired) electrons. The number of aryl methyl sites for hydroxylation is 3. The second-order valence-electron chi connectivity index (χ2n) is 12.7. The van der Waals surface area contributed by atoms with Crippen molar-refractivity contribution in [1.29, 1.82) is 0 Å². The Morgan fingerprint density at radius 3 is 1.84 bits per heavy atom. The summed E-state index contributed by atoms with van der Waals surface area (Å²) >= 11 is 0. The molecule has 31 heavy (non-hydrogen) atoms. The zero-order chi connectivity index (χ0) is 23.1. The van der Waals surface area contributed by atoms with Crippen molar-refractivity contribution in [3.63, 3.8) is 0 Å². The van der Waals surface area contributed by atoms with E-state index in [2.05, 4.69) is 102 Å². The first-order valence-electron chi connectivity index (χ1n) is 12.1. The van der Waals surface area contributed by atoms with E-state index in [1.807, 2.05) is 0 Å². The van der Waals surface area contributed by atoms with Gasteiger partial charge in [0.15, 0.2) is 0 Å². The van der Waals surface area contributed by atoms with E-state index in [-0.39, 0.29) is 11.1 Å². The number of nitrogens with zero attached hydrogens (tertiary/aromatic N) is 2. The van der Waals surface area contributed by atoms with Crippen LogP contribution in [0.5, 0.6) is 0 Å². The Hall–Kier alpha value is -0.673. The van der Waals surface area contributed by atoms with Gasteiger partial charge in [0, 0.05) is 33.7 Å². The molecule has 0 aromatic heterocycles. The van der Waals surface area contributed by atoms with E-state index >= 15 is 0 Å². The summed E-state index contributed by atoms with van der Waals surface area (Å²) < 4.78 is 5.96. The molecular formula is C26H44N3PSi. The zero-order valence-electron chi connectivity index (χ0n) is 21.8. The Kier molecular flexibility index (Phi) is 5.62. The Morgan fingerprint density at radius 2 is 1.35 bits per heavy atom. The molecule has 2 unspecified atom stereocenters. The highest BCUT2D eigenvalue weighted by Gasteiger charge is 2.64. The molecular weight excluding hydrogens is 413 g/mol. The Bertz CT molecular complexity index is 875. The number of hydrogen-bond acceptors (Lipinski definition) is 3. The van der Waals surface area contributed by atoms with Crippen molar-refractivity contribution in [1.82, 2.24) is 8.67 Å². The Labute approximate surface area is 193 Å². The van der Waals surface area contributed by atoms with Gasteiger partial charge in [-0.05, 0) is 112 Å². The normalized spacial score (nSPS) is 27.2. The number of allylic oxidation sites excluding steroid dienone is 2. The van der Waals surface area contributed by atoms with E-state index < -0.39 is 16.6 Å². The van der Waals surface area contributed by atoms with Crippen molar-refractivity contribution in [2.45, 2.75) is 106 Å². The highest BCUT2D eigenvalue weighted by Crippen LogP contribution is 2.75. The minimum Gasteiger partial charge on any atom is -0.358 e. The first-order chi connectivity index (χ1) is 14.1. The molecule has 172 valence electrons. The van der Waals surface area contributed by atoms with Crippen molar-refractivity contribution in [3.8, 4) is 0 Å². The van der Waals surface area contributed by atoms with Gasteiger partial charge in [-0.15, -0.1) is 0 Å². The van der Waals surface area contributed by atoms with Gasteiger partial charge in [-0.2, -0.15) is 0 Å². The molecule has 4 rings (SSSR count). The summed E-state index contributed by atoms with van der Waals surface area (Å²) in [7, 11) is -2.08. The number of anilines is 1. The lowest BCUT2D eigenvalue weighted by Gasteiger charge is -2.71. The molecule has 1 saturated heterocycles. The molecule has 2 fully saturated rings. The van der Waals surface area contributed by atoms with Crippen LogP contribution in [0.3, 0.4) is 0 Å². The molecule has 2 aliphatic carbocycles. The van der Waals surface area contributed by atoms with E-state index in [1.54, 1.807) is 11.0 Å². The summed E-state index contributed by atoms with van der Waals surface area (Å²) in [4.78, 5) is 0. The van der Waals surface area contributed by atoms with Crippen LogP contribution < -0.4 is 5.32 Å². The quantitative estimate of drug-likeness (QED) is 0.368. The van der Waals surface area contributed by atoms with Crippen LogP contribution in [0, 0.1) is 32.6 Å². The molecule has 0 amide bonds. The third-order valence-electron chi connectivity index (χ3n) is 7.34. The summed E-state index contributed by atoms with van der Waals surface area (Å²) in [5.74, 6) is 1.49. The molecule has 2 bridgehead atoms. The summed E-state index contributed by atoms with van der Waals surface area (Å²) in [6.45, 7) is 26.5. The highest BCUT2D eigenvalue weighted by molar-refractivity contribution is 7.66. The smallest absolute Gasteiger partial charge is 0.210 e. The summed E-state index contributed by atoms with van der Waals surface area (Å²) in [6, 6.07) is 4.66. The van der Waals surface area contributed by atoms with Crippen LogP contribution in [0.4, 0.5) is 5.69 Å². The van der Waals surface area contributed by atoms with E-state index in [4.69, 9.17) is 0 Å². The maximum Gasteiger partial charge on any atom is 0.210 e. The molecule has 3 aliphatic rings. The van der Waals surface area contributed by atoms with Gasteiger partial charge in [-0.1, -0.05) is 17.7 Å². The minimum atomic E-state index is -1.66. The fourth-order valence-electron chi connectivity index (χ4n) is 6.90. The topological polar surface area (TPSA) is 18.5 Å². The maximum atomic E-state index is 4.06. The van der Waals surface area contributed by atoms with E-state index in [0.29, 0.717) is 0 Å². The van der Waals surface area contributed by atoms with Crippen LogP contribution in [0.1, 0.15) is 77.5 Å². The average molecular weight is 458 g/mol. The van der Waals surface area contributed by atoms with Gasteiger partial charge in [0.2, 0.25) is 8.40 Å². The summed E-state index contributed by atoms with van der Waals surface area (Å²) in [5, 5.41) is 5.84. The molecule has 1 aromatic carbocycles. The number of fused-ring (bicyclic) bond motifs is 2.